The van der Waals surface area contributed by atoms with Gasteiger partial charge in [-0.05, 0) is 31.0 Å². The number of nitrogens with one attached hydrogen (secondary N) is 2. The minimum Gasteiger partial charge on any atom is -0.348 e. The van der Waals surface area contributed by atoms with Gasteiger partial charge in [-0.1, -0.05) is 25.4 Å². The number of anilines is 1. The first-order valence-electron chi connectivity index (χ1n) is 6.93. The summed E-state index contributed by atoms with van der Waals surface area (Å²) in [5, 5.41) is 5.83. The Bertz CT molecular complexity index is 522. The molecule has 1 rings (SSSR count). The lowest BCUT2D eigenvalue weighted by Crippen LogP contribution is -2.37. The molecule has 2 amide bonds. The first kappa shape index (κ1) is 20.7. The van der Waals surface area contributed by atoms with Crippen molar-refractivity contribution in [1.82, 2.24) is 5.32 Å². The molecule has 1 aromatic rings. The van der Waals surface area contributed by atoms with Crippen LogP contribution in [-0.4, -0.2) is 24.4 Å². The molecule has 0 aliphatic heterocycles. The van der Waals surface area contributed by atoms with Crippen LogP contribution in [0.1, 0.15) is 37.6 Å². The van der Waals surface area contributed by atoms with Gasteiger partial charge in [-0.25, -0.2) is 0 Å². The molecule has 0 spiro atoms. The van der Waals surface area contributed by atoms with Crippen LogP contribution in [0.25, 0.3) is 0 Å². The summed E-state index contributed by atoms with van der Waals surface area (Å²) in [6.45, 7) is 6.08. The summed E-state index contributed by atoms with van der Waals surface area (Å²) >= 11 is 6.03. The highest BCUT2D eigenvalue weighted by Gasteiger charge is 2.14. The van der Waals surface area contributed by atoms with Crippen LogP contribution in [0.4, 0.5) is 5.69 Å². The van der Waals surface area contributed by atoms with E-state index in [2.05, 4.69) is 10.6 Å². The van der Waals surface area contributed by atoms with Crippen molar-refractivity contribution in [3.05, 3.63) is 28.8 Å². The zero-order valence-corrected chi connectivity index (χ0v) is 14.6. The van der Waals surface area contributed by atoms with E-state index in [1.165, 1.54) is 0 Å². The third-order valence-corrected chi connectivity index (χ3v) is 3.15. The highest BCUT2D eigenvalue weighted by molar-refractivity contribution is 6.34. The maximum Gasteiger partial charge on any atom is 0.253 e. The summed E-state index contributed by atoms with van der Waals surface area (Å²) in [7, 11) is 0. The molecule has 5 nitrogen and oxygen atoms in total. The quantitative estimate of drug-likeness (QED) is 0.739. The van der Waals surface area contributed by atoms with E-state index in [4.69, 9.17) is 17.3 Å². The largest absolute Gasteiger partial charge is 0.348 e. The Labute approximate surface area is 142 Å². The molecule has 124 valence electrons. The summed E-state index contributed by atoms with van der Waals surface area (Å²) in [5.41, 5.74) is 6.34. The molecule has 0 aliphatic carbocycles. The second-order valence-corrected chi connectivity index (χ2v) is 5.86. The average molecular weight is 348 g/mol. The standard InChI is InChI=1S/C15H22ClN3O2.ClH/c1-9(2)6-14(20)19-11-4-5-13(16)12(7-11)15(21)18-10(3)8-17;/h4-5,7,9-10H,6,8,17H2,1-3H3,(H,18,21)(H,19,20);1H/t10-;/m0./s1. The fourth-order valence-corrected chi connectivity index (χ4v) is 1.92. The van der Waals surface area contributed by atoms with Crippen molar-refractivity contribution in [2.24, 2.45) is 11.7 Å². The number of amides is 2. The number of halogens is 2. The smallest absolute Gasteiger partial charge is 0.253 e. The van der Waals surface area contributed by atoms with E-state index in [1.807, 2.05) is 13.8 Å². The third kappa shape index (κ3) is 6.64. The second kappa shape index (κ2) is 9.66. The maximum absolute atomic E-state index is 12.1. The lowest BCUT2D eigenvalue weighted by atomic mass is 10.1. The van der Waals surface area contributed by atoms with Crippen LogP contribution in [0.3, 0.4) is 0 Å². The number of carbonyl (C=O) groups is 2. The van der Waals surface area contributed by atoms with Crippen LogP contribution in [-0.2, 0) is 4.79 Å². The first-order valence-corrected chi connectivity index (χ1v) is 7.31. The molecule has 0 aromatic heterocycles. The highest BCUT2D eigenvalue weighted by Crippen LogP contribution is 2.21. The number of rotatable bonds is 6. The Balaban J connectivity index is 0.00000441. The summed E-state index contributed by atoms with van der Waals surface area (Å²) in [6.07, 6.45) is 0.425. The number of hydrogen-bond acceptors (Lipinski definition) is 3. The van der Waals surface area contributed by atoms with E-state index in [0.717, 1.165) is 0 Å². The van der Waals surface area contributed by atoms with Crippen LogP contribution in [0.2, 0.25) is 5.02 Å². The van der Waals surface area contributed by atoms with Gasteiger partial charge < -0.3 is 16.4 Å². The highest BCUT2D eigenvalue weighted by atomic mass is 35.5. The normalized spacial score (nSPS) is 11.5. The number of benzene rings is 1. The molecule has 0 saturated carbocycles. The lowest BCUT2D eigenvalue weighted by Gasteiger charge is -2.13. The molecule has 0 bridgehead atoms. The van der Waals surface area contributed by atoms with Gasteiger partial charge in [0.15, 0.2) is 0 Å². The molecular formula is C15H23Cl2N3O2. The SMILES string of the molecule is CC(C)CC(=O)Nc1ccc(Cl)c(C(=O)N[C@@H](C)CN)c1.Cl. The van der Waals surface area contributed by atoms with Crippen LogP contribution < -0.4 is 16.4 Å². The predicted molar refractivity (Wildman–Crippen MR) is 92.8 cm³/mol. The van der Waals surface area contributed by atoms with Crippen molar-refractivity contribution in [2.75, 3.05) is 11.9 Å². The molecule has 0 aliphatic rings. The molecule has 1 aromatic carbocycles. The Kier molecular flexibility index (Phi) is 9.09. The van der Waals surface area contributed by atoms with Crippen molar-refractivity contribution in [2.45, 2.75) is 33.2 Å². The molecule has 7 heteroatoms. The summed E-state index contributed by atoms with van der Waals surface area (Å²) in [5.74, 6) is -0.127. The van der Waals surface area contributed by atoms with E-state index < -0.39 is 0 Å². The van der Waals surface area contributed by atoms with Crippen molar-refractivity contribution in [1.29, 1.82) is 0 Å². The molecule has 4 N–H and O–H groups in total. The van der Waals surface area contributed by atoms with Crippen LogP contribution in [0, 0.1) is 5.92 Å². The van der Waals surface area contributed by atoms with Gasteiger partial charge in [0, 0.05) is 24.7 Å². The van der Waals surface area contributed by atoms with E-state index in [1.54, 1.807) is 25.1 Å². The first-order chi connectivity index (χ1) is 9.83. The Morgan fingerprint density at radius 2 is 1.91 bits per heavy atom. The molecular weight excluding hydrogens is 325 g/mol. The zero-order valence-electron chi connectivity index (χ0n) is 13.0. The summed E-state index contributed by atoms with van der Waals surface area (Å²) in [6, 6.07) is 4.69. The van der Waals surface area contributed by atoms with E-state index in [9.17, 15) is 9.59 Å². The maximum atomic E-state index is 12.1. The zero-order chi connectivity index (χ0) is 16.0. The van der Waals surface area contributed by atoms with Gasteiger partial charge in [-0.15, -0.1) is 12.4 Å². The molecule has 22 heavy (non-hydrogen) atoms. The Morgan fingerprint density at radius 1 is 1.27 bits per heavy atom. The van der Waals surface area contributed by atoms with E-state index in [0.29, 0.717) is 29.2 Å². The van der Waals surface area contributed by atoms with Crippen molar-refractivity contribution >= 4 is 41.5 Å². The van der Waals surface area contributed by atoms with Gasteiger partial charge in [0.1, 0.15) is 0 Å². The molecule has 0 saturated heterocycles. The van der Waals surface area contributed by atoms with Crippen molar-refractivity contribution in [3.8, 4) is 0 Å². The van der Waals surface area contributed by atoms with Gasteiger partial charge in [-0.3, -0.25) is 9.59 Å². The van der Waals surface area contributed by atoms with Crippen LogP contribution in [0.15, 0.2) is 18.2 Å². The van der Waals surface area contributed by atoms with Gasteiger partial charge in [-0.2, -0.15) is 0 Å². The minimum absolute atomic E-state index is 0. The van der Waals surface area contributed by atoms with Gasteiger partial charge in [0.25, 0.3) is 5.91 Å². The Hall–Kier alpha value is -1.30. The van der Waals surface area contributed by atoms with E-state index >= 15 is 0 Å². The van der Waals surface area contributed by atoms with Gasteiger partial charge in [0.05, 0.1) is 10.6 Å². The number of carbonyl (C=O) groups excluding carboxylic acids is 2. The monoisotopic (exact) mass is 347 g/mol. The van der Waals surface area contributed by atoms with Crippen LogP contribution >= 0.6 is 24.0 Å². The molecule has 0 unspecified atom stereocenters. The second-order valence-electron chi connectivity index (χ2n) is 5.45. The molecule has 0 radical (unpaired) electrons. The Morgan fingerprint density at radius 3 is 2.45 bits per heavy atom. The lowest BCUT2D eigenvalue weighted by molar-refractivity contribution is -0.116. The minimum atomic E-state index is -0.307. The van der Waals surface area contributed by atoms with E-state index in [-0.39, 0.29) is 36.2 Å². The molecule has 0 heterocycles. The topological polar surface area (TPSA) is 84.2 Å². The predicted octanol–water partition coefficient (Wildman–Crippen LogP) is 2.82. The van der Waals surface area contributed by atoms with Crippen molar-refractivity contribution in [3.63, 3.8) is 0 Å². The molecule has 1 atom stereocenters. The number of nitrogens with two attached hydrogens (primary N) is 1. The fraction of sp³-hybridized carbons (Fsp3) is 0.467. The average Bonchev–Trinajstić information content (AvgIpc) is 2.39. The van der Waals surface area contributed by atoms with Gasteiger partial charge in [0.2, 0.25) is 5.91 Å². The van der Waals surface area contributed by atoms with Gasteiger partial charge >= 0.3 is 0 Å². The fourth-order valence-electron chi connectivity index (χ4n) is 1.72. The van der Waals surface area contributed by atoms with Crippen molar-refractivity contribution < 1.29 is 9.59 Å². The summed E-state index contributed by atoms with van der Waals surface area (Å²) < 4.78 is 0. The third-order valence-electron chi connectivity index (χ3n) is 2.82. The van der Waals surface area contributed by atoms with Crippen LogP contribution in [0.5, 0.6) is 0 Å². The molecule has 0 fully saturated rings. The summed E-state index contributed by atoms with van der Waals surface area (Å²) in [4.78, 5) is 23.8. The number of hydrogen-bond donors (Lipinski definition) is 3.